The summed E-state index contributed by atoms with van der Waals surface area (Å²) in [6.45, 7) is 0.267. The van der Waals surface area contributed by atoms with Crippen LogP contribution in [0.1, 0.15) is 30.3 Å². The maximum absolute atomic E-state index is 13.3. The molecule has 1 aliphatic rings. The van der Waals surface area contributed by atoms with Gasteiger partial charge >= 0.3 is 0 Å². The Morgan fingerprint density at radius 3 is 2.79 bits per heavy atom. The molecule has 0 saturated carbocycles. The lowest BCUT2D eigenvalue weighted by molar-refractivity contribution is -0.129. The van der Waals surface area contributed by atoms with Gasteiger partial charge in [-0.05, 0) is 54.6 Å². The van der Waals surface area contributed by atoms with Gasteiger partial charge < -0.3 is 9.42 Å². The van der Waals surface area contributed by atoms with E-state index in [1.54, 1.807) is 22.7 Å². The van der Waals surface area contributed by atoms with Crippen molar-refractivity contribution in [2.24, 2.45) is 0 Å². The molecule has 0 radical (unpaired) electrons. The number of carbonyl (C=O) groups excluding carboxylic acids is 1. The smallest absolute Gasteiger partial charge is 0.249 e. The molecule has 0 spiro atoms. The van der Waals surface area contributed by atoms with Crippen molar-refractivity contribution >= 4 is 29.3 Å². The highest BCUT2D eigenvalue weighted by Gasteiger charge is 2.36. The fraction of sp³-hybridized carbons (Fsp3) is 0.250. The summed E-state index contributed by atoms with van der Waals surface area (Å²) < 4.78 is 18.8. The van der Waals surface area contributed by atoms with Crippen molar-refractivity contribution in [1.29, 1.82) is 0 Å². The van der Waals surface area contributed by atoms with Crippen LogP contribution in [0.15, 0.2) is 51.9 Å². The summed E-state index contributed by atoms with van der Waals surface area (Å²) in [5.74, 6) is 0.455. The Morgan fingerprint density at radius 1 is 1.29 bits per heavy atom. The molecule has 2 aromatic carbocycles. The molecule has 144 valence electrons. The molecule has 1 amide bonds. The van der Waals surface area contributed by atoms with Crippen molar-refractivity contribution < 1.29 is 13.7 Å². The van der Waals surface area contributed by atoms with Crippen LogP contribution in [0.3, 0.4) is 0 Å². The molecule has 5 nitrogen and oxygen atoms in total. The van der Waals surface area contributed by atoms with E-state index in [9.17, 15) is 9.18 Å². The summed E-state index contributed by atoms with van der Waals surface area (Å²) in [5, 5.41) is 4.37. The Hall–Kier alpha value is -2.38. The van der Waals surface area contributed by atoms with Crippen molar-refractivity contribution in [1.82, 2.24) is 15.0 Å². The zero-order valence-corrected chi connectivity index (χ0v) is 16.6. The van der Waals surface area contributed by atoms with E-state index in [1.807, 2.05) is 30.5 Å². The van der Waals surface area contributed by atoms with E-state index in [0.29, 0.717) is 35.1 Å². The van der Waals surface area contributed by atoms with Crippen LogP contribution in [0.25, 0.3) is 11.4 Å². The Labute approximate surface area is 170 Å². The van der Waals surface area contributed by atoms with E-state index >= 15 is 0 Å². The predicted octanol–water partition coefficient (Wildman–Crippen LogP) is 5.11. The van der Waals surface area contributed by atoms with Crippen LogP contribution >= 0.6 is 23.4 Å². The Bertz CT molecular complexity index is 1010. The van der Waals surface area contributed by atoms with Gasteiger partial charge in [0.1, 0.15) is 11.9 Å². The van der Waals surface area contributed by atoms with Gasteiger partial charge in [-0.25, -0.2) is 4.39 Å². The predicted molar refractivity (Wildman–Crippen MR) is 105 cm³/mol. The van der Waals surface area contributed by atoms with E-state index in [2.05, 4.69) is 10.1 Å². The number of hydrogen-bond donors (Lipinski definition) is 0. The molecule has 1 aliphatic heterocycles. The first-order chi connectivity index (χ1) is 13.5. The van der Waals surface area contributed by atoms with Crippen molar-refractivity contribution in [3.63, 3.8) is 0 Å². The number of hydrogen-bond acceptors (Lipinski definition) is 5. The van der Waals surface area contributed by atoms with Crippen molar-refractivity contribution in [2.45, 2.75) is 30.3 Å². The highest BCUT2D eigenvalue weighted by molar-refractivity contribution is 7.98. The van der Waals surface area contributed by atoms with Gasteiger partial charge in [-0.15, -0.1) is 11.8 Å². The number of amides is 1. The second-order valence-corrected chi connectivity index (χ2v) is 7.78. The average molecular weight is 418 g/mol. The van der Waals surface area contributed by atoms with Crippen LogP contribution in [-0.4, -0.2) is 27.2 Å². The first kappa shape index (κ1) is 19.0. The maximum Gasteiger partial charge on any atom is 0.249 e. The maximum atomic E-state index is 13.3. The minimum Gasteiger partial charge on any atom is -0.337 e. The molecule has 1 atom stereocenters. The third-order valence-corrected chi connectivity index (χ3v) is 5.85. The standard InChI is InChI=1S/C20H17ClFN3O2S/c1-28-15-6-3-12(4-7-15)19-23-20(27-24-19)17-8-9-18(26)25(17)11-13-2-5-14(22)10-16(13)21/h2-7,10,17H,8-9,11H2,1H3. The molecule has 28 heavy (non-hydrogen) atoms. The number of likely N-dealkylation sites (tertiary alicyclic amines) is 1. The molecule has 2 heterocycles. The van der Waals surface area contributed by atoms with Gasteiger partial charge in [0.2, 0.25) is 17.6 Å². The molecular formula is C20H17ClFN3O2S. The number of carbonyl (C=O) groups is 1. The fourth-order valence-electron chi connectivity index (χ4n) is 3.25. The van der Waals surface area contributed by atoms with Gasteiger partial charge in [0.05, 0.1) is 0 Å². The number of halogens is 2. The highest BCUT2D eigenvalue weighted by atomic mass is 35.5. The molecule has 0 bridgehead atoms. The topological polar surface area (TPSA) is 59.2 Å². The van der Waals surface area contributed by atoms with Gasteiger partial charge in [0.25, 0.3) is 0 Å². The minimum atomic E-state index is -0.410. The van der Waals surface area contributed by atoms with Crippen LogP contribution in [0.2, 0.25) is 5.02 Å². The molecule has 4 rings (SSSR count). The molecule has 0 N–H and O–H groups in total. The zero-order valence-electron chi connectivity index (χ0n) is 15.1. The minimum absolute atomic E-state index is 0.0190. The van der Waals surface area contributed by atoms with E-state index < -0.39 is 5.82 Å². The second kappa shape index (κ2) is 7.93. The molecule has 0 aliphatic carbocycles. The van der Waals surface area contributed by atoms with Gasteiger partial charge in [0, 0.05) is 28.4 Å². The fourth-order valence-corrected chi connectivity index (χ4v) is 3.89. The monoisotopic (exact) mass is 417 g/mol. The molecule has 1 fully saturated rings. The largest absolute Gasteiger partial charge is 0.337 e. The van der Waals surface area contributed by atoms with Gasteiger partial charge in [-0.2, -0.15) is 4.98 Å². The van der Waals surface area contributed by atoms with Crippen LogP contribution in [-0.2, 0) is 11.3 Å². The van der Waals surface area contributed by atoms with Crippen LogP contribution in [0.4, 0.5) is 4.39 Å². The number of rotatable bonds is 5. The first-order valence-corrected chi connectivity index (χ1v) is 10.4. The number of thioether (sulfide) groups is 1. The van der Waals surface area contributed by atoms with E-state index in [4.69, 9.17) is 16.1 Å². The van der Waals surface area contributed by atoms with E-state index in [0.717, 1.165) is 10.5 Å². The molecule has 3 aromatic rings. The summed E-state index contributed by atoms with van der Waals surface area (Å²) in [5.41, 5.74) is 1.53. The lowest BCUT2D eigenvalue weighted by atomic mass is 10.1. The summed E-state index contributed by atoms with van der Waals surface area (Å²) in [6, 6.07) is 11.7. The lowest BCUT2D eigenvalue weighted by Gasteiger charge is -2.22. The van der Waals surface area contributed by atoms with Crippen molar-refractivity contribution in [2.75, 3.05) is 6.26 Å². The van der Waals surface area contributed by atoms with Gasteiger partial charge in [-0.1, -0.05) is 22.8 Å². The summed E-state index contributed by atoms with van der Waals surface area (Å²) in [6.07, 6.45) is 2.99. The second-order valence-electron chi connectivity index (χ2n) is 6.50. The Balaban J connectivity index is 1.57. The number of benzene rings is 2. The molecular weight excluding hydrogens is 401 g/mol. The van der Waals surface area contributed by atoms with E-state index in [1.165, 1.54) is 12.1 Å². The number of aromatic nitrogens is 2. The Kier molecular flexibility index (Phi) is 5.37. The SMILES string of the molecule is CSc1ccc(-c2noc(C3CCC(=O)N3Cc3ccc(F)cc3Cl)n2)cc1. The molecule has 1 saturated heterocycles. The third-order valence-electron chi connectivity index (χ3n) is 4.76. The third kappa shape index (κ3) is 3.77. The van der Waals surface area contributed by atoms with Crippen LogP contribution in [0, 0.1) is 5.82 Å². The van der Waals surface area contributed by atoms with Gasteiger partial charge in [0.15, 0.2) is 0 Å². The van der Waals surface area contributed by atoms with Crippen molar-refractivity contribution in [3.8, 4) is 11.4 Å². The lowest BCUT2D eigenvalue weighted by Crippen LogP contribution is -2.27. The normalized spacial score (nSPS) is 16.8. The first-order valence-electron chi connectivity index (χ1n) is 8.76. The average Bonchev–Trinajstić information content (AvgIpc) is 3.31. The van der Waals surface area contributed by atoms with Gasteiger partial charge in [-0.3, -0.25) is 4.79 Å². The zero-order chi connectivity index (χ0) is 19.7. The quantitative estimate of drug-likeness (QED) is 0.539. The Morgan fingerprint density at radius 2 is 2.07 bits per heavy atom. The van der Waals surface area contributed by atoms with Crippen LogP contribution in [0.5, 0.6) is 0 Å². The van der Waals surface area contributed by atoms with E-state index in [-0.39, 0.29) is 18.5 Å². The van der Waals surface area contributed by atoms with Crippen LogP contribution < -0.4 is 0 Å². The molecule has 1 unspecified atom stereocenters. The molecule has 8 heteroatoms. The molecule has 1 aromatic heterocycles. The summed E-state index contributed by atoms with van der Waals surface area (Å²) in [7, 11) is 0. The van der Waals surface area contributed by atoms with Crippen molar-refractivity contribution in [3.05, 3.63) is 64.8 Å². The number of nitrogens with zero attached hydrogens (tertiary/aromatic N) is 3. The summed E-state index contributed by atoms with van der Waals surface area (Å²) in [4.78, 5) is 19.7. The summed E-state index contributed by atoms with van der Waals surface area (Å²) >= 11 is 7.79. The highest BCUT2D eigenvalue weighted by Crippen LogP contribution is 2.35.